The third-order valence-corrected chi connectivity index (χ3v) is 13.5. The Morgan fingerprint density at radius 3 is 1.69 bits per heavy atom. The number of nitriles is 1. The molecule has 8 aromatic rings. The van der Waals surface area contributed by atoms with Gasteiger partial charge in [0.1, 0.15) is 0 Å². The highest BCUT2D eigenvalue weighted by molar-refractivity contribution is 6.09. The Morgan fingerprint density at radius 2 is 1.04 bits per heavy atom. The summed E-state index contributed by atoms with van der Waals surface area (Å²) in [4.78, 5) is 15.1. The zero-order valence-corrected chi connectivity index (χ0v) is 30.3. The number of rotatable bonds is 5. The van der Waals surface area contributed by atoms with E-state index in [2.05, 4.69) is 104 Å². The Bertz CT molecular complexity index is 2840. The standard InChI is InChI=1S/C50H38N4/c1-49-30-50(27-42(49)21-22-43(49)28-50)41-19-17-32(18-20-41)36-12-13-38-25-39(16-14-37(38)24-36)47-52-46(35-5-3-2-4-6-35)53-48(54-47)40-15-11-34-10-9-33-8-7-31(29-51)23-44(33)45(34)26-40/h2-20,23-26,42-43H,21-22,27-28,30H2,1H3/t42-,43+,49?,50?. The van der Waals surface area contributed by atoms with Crippen LogP contribution in [0.15, 0.2) is 140 Å². The lowest BCUT2D eigenvalue weighted by atomic mass is 9.72. The van der Waals surface area contributed by atoms with Gasteiger partial charge in [-0.2, -0.15) is 5.26 Å². The van der Waals surface area contributed by atoms with Gasteiger partial charge < -0.3 is 0 Å². The van der Waals surface area contributed by atoms with E-state index in [0.717, 1.165) is 55.5 Å². The molecule has 3 aliphatic rings. The molecule has 7 aromatic carbocycles. The molecular weight excluding hydrogens is 657 g/mol. The second kappa shape index (κ2) is 11.7. The molecule has 4 atom stereocenters. The molecule has 3 aliphatic carbocycles. The van der Waals surface area contributed by atoms with Gasteiger partial charge in [0, 0.05) is 16.7 Å². The first-order chi connectivity index (χ1) is 26.4. The molecule has 0 N–H and O–H groups in total. The van der Waals surface area contributed by atoms with Crippen LogP contribution in [0.3, 0.4) is 0 Å². The van der Waals surface area contributed by atoms with Gasteiger partial charge in [-0.3, -0.25) is 0 Å². The first-order valence-corrected chi connectivity index (χ1v) is 19.3. The fourth-order valence-electron chi connectivity index (χ4n) is 10.8. The van der Waals surface area contributed by atoms with E-state index in [9.17, 15) is 5.26 Å². The van der Waals surface area contributed by atoms with E-state index in [0.29, 0.717) is 33.9 Å². The van der Waals surface area contributed by atoms with Crippen molar-refractivity contribution < 1.29 is 0 Å². The van der Waals surface area contributed by atoms with Crippen molar-refractivity contribution in [3.8, 4) is 51.4 Å². The first kappa shape index (κ1) is 31.4. The molecule has 0 aliphatic heterocycles. The number of fused-ring (bicyclic) bond motifs is 5. The Morgan fingerprint density at radius 1 is 0.519 bits per heavy atom. The van der Waals surface area contributed by atoms with Crippen molar-refractivity contribution in [2.75, 3.05) is 0 Å². The van der Waals surface area contributed by atoms with E-state index >= 15 is 0 Å². The van der Waals surface area contributed by atoms with Crippen molar-refractivity contribution in [1.29, 1.82) is 5.26 Å². The van der Waals surface area contributed by atoms with Gasteiger partial charge in [-0.25, -0.2) is 15.0 Å². The number of nitrogens with zero attached hydrogens (tertiary/aromatic N) is 4. The minimum atomic E-state index is 0.402. The second-order valence-electron chi connectivity index (χ2n) is 16.4. The second-order valence-corrected chi connectivity index (χ2v) is 16.4. The van der Waals surface area contributed by atoms with Crippen LogP contribution in [-0.4, -0.2) is 15.0 Å². The van der Waals surface area contributed by atoms with E-state index in [1.807, 2.05) is 48.5 Å². The molecule has 1 aromatic heterocycles. The molecule has 3 fully saturated rings. The molecule has 11 rings (SSSR count). The van der Waals surface area contributed by atoms with Gasteiger partial charge in [-0.1, -0.05) is 116 Å². The fourth-order valence-corrected chi connectivity index (χ4v) is 10.8. The van der Waals surface area contributed by atoms with E-state index < -0.39 is 0 Å². The highest BCUT2D eigenvalue weighted by Crippen LogP contribution is 2.72. The van der Waals surface area contributed by atoms with Gasteiger partial charge in [0.25, 0.3) is 0 Å². The predicted octanol–water partition coefficient (Wildman–Crippen LogP) is 12.3. The van der Waals surface area contributed by atoms with Gasteiger partial charge in [0.05, 0.1) is 11.6 Å². The molecule has 4 nitrogen and oxygen atoms in total. The van der Waals surface area contributed by atoms with Gasteiger partial charge >= 0.3 is 0 Å². The summed E-state index contributed by atoms with van der Waals surface area (Å²) in [5.74, 6) is 3.73. The smallest absolute Gasteiger partial charge is 0.164 e. The molecule has 3 saturated carbocycles. The summed E-state index contributed by atoms with van der Waals surface area (Å²) in [6, 6.07) is 51.7. The summed E-state index contributed by atoms with van der Waals surface area (Å²) in [6.45, 7) is 2.58. The van der Waals surface area contributed by atoms with Crippen LogP contribution in [0, 0.1) is 28.6 Å². The summed E-state index contributed by atoms with van der Waals surface area (Å²) in [6.07, 6.45) is 7.03. The Balaban J connectivity index is 0.954. The fraction of sp³-hybridized carbons (Fsp3) is 0.200. The Kier molecular flexibility index (Phi) is 6.77. The number of hydrogen-bond donors (Lipinski definition) is 0. The lowest BCUT2D eigenvalue weighted by Crippen LogP contribution is -2.26. The van der Waals surface area contributed by atoms with Crippen LogP contribution >= 0.6 is 0 Å². The first-order valence-electron chi connectivity index (χ1n) is 19.3. The average Bonchev–Trinajstić information content (AvgIpc) is 3.74. The van der Waals surface area contributed by atoms with E-state index in [4.69, 9.17) is 15.0 Å². The average molecular weight is 695 g/mol. The molecule has 2 unspecified atom stereocenters. The molecular formula is C50H38N4. The summed E-state index contributed by atoms with van der Waals surface area (Å²) in [5.41, 5.74) is 8.47. The lowest BCUT2D eigenvalue weighted by molar-refractivity contribution is 0.195. The predicted molar refractivity (Wildman–Crippen MR) is 219 cm³/mol. The third-order valence-electron chi connectivity index (χ3n) is 13.5. The quantitative estimate of drug-likeness (QED) is 0.168. The minimum absolute atomic E-state index is 0.402. The van der Waals surface area contributed by atoms with E-state index in [-0.39, 0.29) is 0 Å². The molecule has 1 heterocycles. The number of hydrogen-bond acceptors (Lipinski definition) is 4. The van der Waals surface area contributed by atoms with Gasteiger partial charge in [0.15, 0.2) is 17.5 Å². The van der Waals surface area contributed by atoms with Crippen LogP contribution in [0.5, 0.6) is 0 Å². The molecule has 4 heteroatoms. The van der Waals surface area contributed by atoms with Crippen LogP contribution in [0.25, 0.3) is 77.6 Å². The van der Waals surface area contributed by atoms with Crippen molar-refractivity contribution in [3.63, 3.8) is 0 Å². The number of benzene rings is 7. The Hall–Kier alpha value is -6.18. The van der Waals surface area contributed by atoms with Crippen LogP contribution in [0.4, 0.5) is 0 Å². The highest BCUT2D eigenvalue weighted by atomic mass is 15.0. The maximum Gasteiger partial charge on any atom is 0.164 e. The van der Waals surface area contributed by atoms with Crippen LogP contribution in [-0.2, 0) is 5.41 Å². The molecule has 54 heavy (non-hydrogen) atoms. The van der Waals surface area contributed by atoms with Crippen molar-refractivity contribution in [2.45, 2.75) is 44.4 Å². The van der Waals surface area contributed by atoms with Crippen LogP contribution in [0.1, 0.15) is 50.2 Å². The zero-order chi connectivity index (χ0) is 36.0. The topological polar surface area (TPSA) is 62.5 Å². The van der Waals surface area contributed by atoms with Crippen LogP contribution in [0.2, 0.25) is 0 Å². The normalized spacial score (nSPS) is 22.7. The van der Waals surface area contributed by atoms with Crippen molar-refractivity contribution in [3.05, 3.63) is 151 Å². The molecule has 258 valence electrons. The molecule has 0 saturated heterocycles. The van der Waals surface area contributed by atoms with E-state index in [1.165, 1.54) is 48.6 Å². The van der Waals surface area contributed by atoms with Gasteiger partial charge in [0.2, 0.25) is 0 Å². The molecule has 0 radical (unpaired) electrons. The van der Waals surface area contributed by atoms with Gasteiger partial charge in [-0.05, 0) is 134 Å². The summed E-state index contributed by atoms with van der Waals surface area (Å²) in [7, 11) is 0. The summed E-state index contributed by atoms with van der Waals surface area (Å²) < 4.78 is 0. The SMILES string of the molecule is CC12CC3(c4ccc(-c5ccc6cc(-c7nc(-c8ccccc8)nc(-c8ccc9ccc%10ccc(C#N)cc%10c9c8)n7)ccc6c5)cc4)C[C@H]1CC[C@H]2C3. The van der Waals surface area contributed by atoms with Crippen LogP contribution < -0.4 is 0 Å². The summed E-state index contributed by atoms with van der Waals surface area (Å²) >= 11 is 0. The maximum absolute atomic E-state index is 9.62. The largest absolute Gasteiger partial charge is 0.208 e. The number of aromatic nitrogens is 3. The summed E-state index contributed by atoms with van der Waals surface area (Å²) in [5, 5.41) is 16.2. The zero-order valence-electron chi connectivity index (χ0n) is 30.3. The van der Waals surface area contributed by atoms with Gasteiger partial charge in [-0.15, -0.1) is 0 Å². The monoisotopic (exact) mass is 694 g/mol. The minimum Gasteiger partial charge on any atom is -0.208 e. The van der Waals surface area contributed by atoms with Crippen molar-refractivity contribution in [2.24, 2.45) is 17.3 Å². The maximum atomic E-state index is 9.62. The Labute approximate surface area is 315 Å². The molecule has 0 amide bonds. The lowest BCUT2D eigenvalue weighted by Gasteiger charge is -2.33. The highest BCUT2D eigenvalue weighted by Gasteiger charge is 2.65. The van der Waals surface area contributed by atoms with E-state index in [1.54, 1.807) is 5.56 Å². The third kappa shape index (κ3) is 4.85. The molecule has 2 bridgehead atoms. The van der Waals surface area contributed by atoms with Crippen molar-refractivity contribution >= 4 is 32.3 Å². The molecule has 0 spiro atoms. The van der Waals surface area contributed by atoms with Crippen molar-refractivity contribution in [1.82, 2.24) is 15.0 Å².